The third-order valence-electron chi connectivity index (χ3n) is 2.65. The number of nitrogens with two attached hydrogens (primary N) is 1. The average molecular weight is 285 g/mol. The minimum atomic E-state index is -0.587. The van der Waals surface area contributed by atoms with Gasteiger partial charge in [-0.2, -0.15) is 5.26 Å². The first-order valence-electron chi connectivity index (χ1n) is 5.87. The quantitative estimate of drug-likeness (QED) is 0.486. The number of hydrogen-bond donors (Lipinski definition) is 2. The summed E-state index contributed by atoms with van der Waals surface area (Å²) in [5, 5.41) is 19.7. The van der Waals surface area contributed by atoms with Crippen LogP contribution in [0.2, 0.25) is 0 Å². The monoisotopic (exact) mass is 285 g/mol. The Kier molecular flexibility index (Phi) is 4.28. The molecule has 106 valence electrons. The Labute approximate surface area is 119 Å². The van der Waals surface area contributed by atoms with Crippen LogP contribution in [0.15, 0.2) is 36.5 Å². The van der Waals surface area contributed by atoms with Crippen molar-refractivity contribution in [2.75, 3.05) is 5.43 Å². The van der Waals surface area contributed by atoms with Crippen molar-refractivity contribution >= 4 is 11.5 Å². The number of rotatable bonds is 5. The lowest BCUT2D eigenvalue weighted by atomic mass is 10.2. The van der Waals surface area contributed by atoms with Crippen molar-refractivity contribution < 1.29 is 9.66 Å². The zero-order chi connectivity index (χ0) is 15.2. The number of nitrogens with zero attached hydrogens (tertiary/aromatic N) is 3. The van der Waals surface area contributed by atoms with Crippen LogP contribution in [0, 0.1) is 21.4 Å². The van der Waals surface area contributed by atoms with Gasteiger partial charge >= 0.3 is 5.69 Å². The van der Waals surface area contributed by atoms with E-state index in [-0.39, 0.29) is 23.6 Å². The van der Waals surface area contributed by atoms with E-state index in [0.29, 0.717) is 5.82 Å². The lowest BCUT2D eigenvalue weighted by molar-refractivity contribution is -0.386. The average Bonchev–Trinajstić information content (AvgIpc) is 2.53. The first-order chi connectivity index (χ1) is 10.1. The van der Waals surface area contributed by atoms with Gasteiger partial charge in [0.25, 0.3) is 0 Å². The Morgan fingerprint density at radius 2 is 2.24 bits per heavy atom. The molecule has 0 saturated carbocycles. The molecule has 8 nitrogen and oxygen atoms in total. The van der Waals surface area contributed by atoms with Gasteiger partial charge in [0.2, 0.25) is 0 Å². The molecule has 21 heavy (non-hydrogen) atoms. The maximum absolute atomic E-state index is 11.0. The van der Waals surface area contributed by atoms with Gasteiger partial charge in [0.1, 0.15) is 12.4 Å². The van der Waals surface area contributed by atoms with Crippen LogP contribution in [0.1, 0.15) is 11.1 Å². The number of benzene rings is 1. The van der Waals surface area contributed by atoms with Crippen LogP contribution in [0.5, 0.6) is 5.75 Å². The number of nitrogens with one attached hydrogen (secondary N) is 1. The van der Waals surface area contributed by atoms with Crippen molar-refractivity contribution in [2.24, 2.45) is 5.84 Å². The Morgan fingerprint density at radius 3 is 2.81 bits per heavy atom. The minimum absolute atomic E-state index is 0.0972. The SMILES string of the molecule is N#Cc1ccc(OCc2ccc(NN)nc2)c([N+](=O)[O-])c1. The van der Waals surface area contributed by atoms with Crippen molar-refractivity contribution in [3.8, 4) is 11.8 Å². The summed E-state index contributed by atoms with van der Waals surface area (Å²) in [6.07, 6.45) is 1.55. The van der Waals surface area contributed by atoms with Crippen LogP contribution in [-0.2, 0) is 6.61 Å². The molecule has 1 aromatic heterocycles. The standard InChI is InChI=1S/C13H11N5O3/c14-6-9-1-3-12(11(5-9)18(19)20)21-8-10-2-4-13(17-15)16-7-10/h1-5,7H,8,15H2,(H,16,17). The van der Waals surface area contributed by atoms with Crippen LogP contribution in [0.25, 0.3) is 0 Å². The van der Waals surface area contributed by atoms with E-state index >= 15 is 0 Å². The molecule has 8 heteroatoms. The summed E-state index contributed by atoms with van der Waals surface area (Å²) >= 11 is 0. The second-order valence-electron chi connectivity index (χ2n) is 4.04. The van der Waals surface area contributed by atoms with Crippen LogP contribution < -0.4 is 16.0 Å². The summed E-state index contributed by atoms with van der Waals surface area (Å²) in [4.78, 5) is 14.4. The molecule has 0 radical (unpaired) electrons. The first kappa shape index (κ1) is 14.2. The van der Waals surface area contributed by atoms with E-state index in [1.807, 2.05) is 6.07 Å². The molecule has 0 spiro atoms. The number of pyridine rings is 1. The Hall–Kier alpha value is -3.18. The van der Waals surface area contributed by atoms with Gasteiger partial charge in [-0.25, -0.2) is 10.8 Å². The van der Waals surface area contributed by atoms with Gasteiger partial charge in [0, 0.05) is 17.8 Å². The highest BCUT2D eigenvalue weighted by Gasteiger charge is 2.16. The number of nitro benzene ring substituents is 1. The second-order valence-corrected chi connectivity index (χ2v) is 4.04. The van der Waals surface area contributed by atoms with E-state index in [2.05, 4.69) is 10.4 Å². The number of aromatic nitrogens is 1. The lowest BCUT2D eigenvalue weighted by Crippen LogP contribution is -2.08. The molecule has 0 bridgehead atoms. The van der Waals surface area contributed by atoms with E-state index in [9.17, 15) is 10.1 Å². The summed E-state index contributed by atoms with van der Waals surface area (Å²) in [5.41, 5.74) is 3.08. The second kappa shape index (κ2) is 6.31. The molecule has 0 aliphatic rings. The number of nitrogen functional groups attached to an aromatic ring is 1. The zero-order valence-corrected chi connectivity index (χ0v) is 10.8. The summed E-state index contributed by atoms with van der Waals surface area (Å²) in [6, 6.07) is 9.28. The molecule has 3 N–H and O–H groups in total. The molecule has 2 aromatic rings. The maximum atomic E-state index is 11.0. The molecule has 1 aromatic carbocycles. The van der Waals surface area contributed by atoms with Crippen LogP contribution in [0.4, 0.5) is 11.5 Å². The van der Waals surface area contributed by atoms with Crippen LogP contribution >= 0.6 is 0 Å². The third kappa shape index (κ3) is 3.43. The fraction of sp³-hybridized carbons (Fsp3) is 0.0769. The minimum Gasteiger partial charge on any atom is -0.482 e. The number of hydrazine groups is 1. The molecule has 0 amide bonds. The highest BCUT2D eigenvalue weighted by atomic mass is 16.6. The van der Waals surface area contributed by atoms with E-state index in [1.54, 1.807) is 18.3 Å². The zero-order valence-electron chi connectivity index (χ0n) is 10.8. The summed E-state index contributed by atoms with van der Waals surface area (Å²) in [7, 11) is 0. The van der Waals surface area contributed by atoms with Crippen molar-refractivity contribution in [2.45, 2.75) is 6.61 Å². The number of ether oxygens (including phenoxy) is 1. The molecule has 0 atom stereocenters. The van der Waals surface area contributed by atoms with Gasteiger partial charge in [-0.05, 0) is 18.2 Å². The Bertz CT molecular complexity index is 694. The fourth-order valence-electron chi connectivity index (χ4n) is 1.61. The van der Waals surface area contributed by atoms with E-state index < -0.39 is 4.92 Å². The first-order valence-corrected chi connectivity index (χ1v) is 5.87. The molecule has 0 saturated heterocycles. The molecule has 0 unspecified atom stereocenters. The summed E-state index contributed by atoms with van der Waals surface area (Å²) in [5.74, 6) is 5.80. The number of anilines is 1. The highest BCUT2D eigenvalue weighted by Crippen LogP contribution is 2.28. The van der Waals surface area contributed by atoms with Crippen molar-refractivity contribution in [1.82, 2.24) is 4.98 Å². The summed E-state index contributed by atoms with van der Waals surface area (Å²) in [6.45, 7) is 0.116. The van der Waals surface area contributed by atoms with Gasteiger partial charge in [0.15, 0.2) is 5.75 Å². The molecular weight excluding hydrogens is 274 g/mol. The number of nitriles is 1. The number of hydrogen-bond acceptors (Lipinski definition) is 7. The van der Waals surface area contributed by atoms with Crippen molar-refractivity contribution in [3.05, 3.63) is 57.8 Å². The molecular formula is C13H11N5O3. The van der Waals surface area contributed by atoms with Gasteiger partial charge < -0.3 is 10.2 Å². The van der Waals surface area contributed by atoms with Crippen LogP contribution in [0.3, 0.4) is 0 Å². The van der Waals surface area contributed by atoms with Gasteiger partial charge in [-0.15, -0.1) is 0 Å². The van der Waals surface area contributed by atoms with Crippen molar-refractivity contribution in [3.63, 3.8) is 0 Å². The smallest absolute Gasteiger partial charge is 0.312 e. The molecule has 0 aliphatic carbocycles. The van der Waals surface area contributed by atoms with Crippen LogP contribution in [-0.4, -0.2) is 9.91 Å². The Balaban J connectivity index is 2.15. The maximum Gasteiger partial charge on any atom is 0.312 e. The topological polar surface area (TPSA) is 127 Å². The normalized spacial score (nSPS) is 9.71. The highest BCUT2D eigenvalue weighted by molar-refractivity contribution is 5.51. The van der Waals surface area contributed by atoms with E-state index in [0.717, 1.165) is 5.56 Å². The van der Waals surface area contributed by atoms with Crippen molar-refractivity contribution in [1.29, 1.82) is 5.26 Å². The predicted octanol–water partition coefficient (Wildman–Crippen LogP) is 1.73. The number of nitro groups is 1. The third-order valence-corrected chi connectivity index (χ3v) is 2.65. The van der Waals surface area contributed by atoms with Gasteiger partial charge in [-0.1, -0.05) is 6.07 Å². The Morgan fingerprint density at radius 1 is 1.43 bits per heavy atom. The van der Waals surface area contributed by atoms with E-state index in [1.165, 1.54) is 18.2 Å². The molecule has 1 heterocycles. The van der Waals surface area contributed by atoms with Gasteiger partial charge in [-0.3, -0.25) is 10.1 Å². The molecule has 0 aliphatic heterocycles. The lowest BCUT2D eigenvalue weighted by Gasteiger charge is -2.07. The largest absolute Gasteiger partial charge is 0.482 e. The summed E-state index contributed by atoms with van der Waals surface area (Å²) < 4.78 is 5.41. The molecule has 0 fully saturated rings. The molecule has 2 rings (SSSR count). The van der Waals surface area contributed by atoms with E-state index in [4.69, 9.17) is 15.8 Å². The van der Waals surface area contributed by atoms with Gasteiger partial charge in [0.05, 0.1) is 16.6 Å². The fourth-order valence-corrected chi connectivity index (χ4v) is 1.61. The predicted molar refractivity (Wildman–Crippen MR) is 74.2 cm³/mol.